The van der Waals surface area contributed by atoms with Crippen LogP contribution in [0.15, 0.2) is 12.4 Å². The maximum Gasteiger partial charge on any atom is 0.152 e. The van der Waals surface area contributed by atoms with Gasteiger partial charge in [0.2, 0.25) is 0 Å². The van der Waals surface area contributed by atoms with Gasteiger partial charge in [-0.15, -0.1) is 0 Å². The van der Waals surface area contributed by atoms with Crippen molar-refractivity contribution in [2.45, 2.75) is 26.8 Å². The second-order valence-corrected chi connectivity index (χ2v) is 8.19. The van der Waals surface area contributed by atoms with E-state index in [-0.39, 0.29) is 11.5 Å². The SMILES string of the molecule is CC(C)CNCc1cncc(N2CCCS(=O)(=O)CC2)n1. The van der Waals surface area contributed by atoms with E-state index in [0.717, 1.165) is 24.6 Å². The van der Waals surface area contributed by atoms with Crippen LogP contribution in [0.1, 0.15) is 26.0 Å². The van der Waals surface area contributed by atoms with Gasteiger partial charge in [0.15, 0.2) is 9.84 Å². The molecule has 0 bridgehead atoms. The highest BCUT2D eigenvalue weighted by atomic mass is 32.2. The highest BCUT2D eigenvalue weighted by Crippen LogP contribution is 2.14. The molecule has 1 fully saturated rings. The molecule has 0 unspecified atom stereocenters. The topological polar surface area (TPSA) is 75.2 Å². The number of sulfone groups is 1. The molecule has 0 spiro atoms. The standard InChI is InChI=1S/C14H24N4O2S/c1-12(2)8-15-9-13-10-16-11-14(17-13)18-4-3-6-21(19,20)7-5-18/h10-12,15H,3-9H2,1-2H3. The Balaban J connectivity index is 1.99. The van der Waals surface area contributed by atoms with Crippen molar-refractivity contribution >= 4 is 15.7 Å². The van der Waals surface area contributed by atoms with Crippen LogP contribution in [0.5, 0.6) is 0 Å². The predicted molar refractivity (Wildman–Crippen MR) is 84.1 cm³/mol. The lowest BCUT2D eigenvalue weighted by molar-refractivity contribution is 0.547. The van der Waals surface area contributed by atoms with Gasteiger partial charge in [-0.25, -0.2) is 13.4 Å². The Morgan fingerprint density at radius 2 is 2.10 bits per heavy atom. The molecule has 0 radical (unpaired) electrons. The van der Waals surface area contributed by atoms with Crippen LogP contribution < -0.4 is 10.2 Å². The molecular weight excluding hydrogens is 288 g/mol. The van der Waals surface area contributed by atoms with Gasteiger partial charge in [0.25, 0.3) is 0 Å². The molecule has 1 N–H and O–H groups in total. The molecule has 1 aliphatic heterocycles. The van der Waals surface area contributed by atoms with Crippen molar-refractivity contribution in [1.29, 1.82) is 0 Å². The van der Waals surface area contributed by atoms with Crippen LogP contribution in [-0.2, 0) is 16.4 Å². The van der Waals surface area contributed by atoms with Crippen molar-refractivity contribution in [3.8, 4) is 0 Å². The lowest BCUT2D eigenvalue weighted by Crippen LogP contribution is -2.28. The minimum Gasteiger partial charge on any atom is -0.354 e. The average molecular weight is 312 g/mol. The maximum absolute atomic E-state index is 11.6. The zero-order valence-corrected chi connectivity index (χ0v) is 13.6. The van der Waals surface area contributed by atoms with Crippen molar-refractivity contribution in [2.24, 2.45) is 5.92 Å². The predicted octanol–water partition coefficient (Wildman–Crippen LogP) is 0.847. The first-order valence-corrected chi connectivity index (χ1v) is 9.25. The highest BCUT2D eigenvalue weighted by molar-refractivity contribution is 7.91. The van der Waals surface area contributed by atoms with Gasteiger partial charge in [-0.2, -0.15) is 0 Å². The first-order chi connectivity index (χ1) is 9.96. The van der Waals surface area contributed by atoms with Crippen molar-refractivity contribution in [1.82, 2.24) is 15.3 Å². The van der Waals surface area contributed by atoms with E-state index in [1.165, 1.54) is 0 Å². The van der Waals surface area contributed by atoms with Gasteiger partial charge in [0.05, 0.1) is 23.4 Å². The van der Waals surface area contributed by atoms with E-state index in [0.29, 0.717) is 25.4 Å². The summed E-state index contributed by atoms with van der Waals surface area (Å²) in [7, 11) is -2.90. The Bertz CT molecular complexity index is 560. The summed E-state index contributed by atoms with van der Waals surface area (Å²) in [4.78, 5) is 10.8. The molecule has 118 valence electrons. The molecule has 2 rings (SSSR count). The lowest BCUT2D eigenvalue weighted by atomic mass is 10.2. The number of hydrogen-bond donors (Lipinski definition) is 1. The molecule has 1 aliphatic rings. The Labute approximate surface area is 126 Å². The van der Waals surface area contributed by atoms with Gasteiger partial charge in [0, 0.05) is 25.8 Å². The third kappa shape index (κ3) is 5.24. The summed E-state index contributed by atoms with van der Waals surface area (Å²) < 4.78 is 23.3. The molecule has 0 atom stereocenters. The van der Waals surface area contributed by atoms with Gasteiger partial charge >= 0.3 is 0 Å². The summed E-state index contributed by atoms with van der Waals surface area (Å²) in [5.41, 5.74) is 0.889. The minimum absolute atomic E-state index is 0.199. The quantitative estimate of drug-likeness (QED) is 0.868. The van der Waals surface area contributed by atoms with Crippen molar-refractivity contribution in [3.63, 3.8) is 0 Å². The van der Waals surface area contributed by atoms with Crippen LogP contribution in [0.2, 0.25) is 0 Å². The van der Waals surface area contributed by atoms with Crippen LogP contribution in [0, 0.1) is 5.92 Å². The Morgan fingerprint density at radius 1 is 1.29 bits per heavy atom. The van der Waals surface area contributed by atoms with Gasteiger partial charge in [-0.3, -0.25) is 4.98 Å². The summed E-state index contributed by atoms with van der Waals surface area (Å²) in [5, 5.41) is 3.34. The molecule has 1 saturated heterocycles. The van der Waals surface area contributed by atoms with E-state index < -0.39 is 9.84 Å². The normalized spacial score (nSPS) is 18.7. The summed E-state index contributed by atoms with van der Waals surface area (Å²) in [5.74, 6) is 1.84. The van der Waals surface area contributed by atoms with Crippen LogP contribution in [0.4, 0.5) is 5.82 Å². The molecule has 1 aromatic rings. The highest BCUT2D eigenvalue weighted by Gasteiger charge is 2.20. The van der Waals surface area contributed by atoms with Gasteiger partial charge in [-0.1, -0.05) is 13.8 Å². The average Bonchev–Trinajstić information content (AvgIpc) is 2.60. The number of hydrogen-bond acceptors (Lipinski definition) is 6. The van der Waals surface area contributed by atoms with E-state index in [1.54, 1.807) is 12.4 Å². The first-order valence-electron chi connectivity index (χ1n) is 7.43. The fourth-order valence-electron chi connectivity index (χ4n) is 2.29. The van der Waals surface area contributed by atoms with Crippen LogP contribution in [0.3, 0.4) is 0 Å². The Kier molecular flexibility index (Phi) is 5.52. The minimum atomic E-state index is -2.90. The number of aromatic nitrogens is 2. The van der Waals surface area contributed by atoms with Crippen molar-refractivity contribution in [3.05, 3.63) is 18.1 Å². The fourth-order valence-corrected chi connectivity index (χ4v) is 3.56. The van der Waals surface area contributed by atoms with Gasteiger partial charge in [-0.05, 0) is 18.9 Å². The zero-order chi connectivity index (χ0) is 15.3. The molecule has 0 aromatic carbocycles. The number of anilines is 1. The van der Waals surface area contributed by atoms with Crippen LogP contribution >= 0.6 is 0 Å². The summed E-state index contributed by atoms with van der Waals surface area (Å²) in [6.45, 7) is 7.16. The fraction of sp³-hybridized carbons (Fsp3) is 0.714. The lowest BCUT2D eigenvalue weighted by Gasteiger charge is -2.20. The molecule has 2 heterocycles. The number of rotatable bonds is 5. The Morgan fingerprint density at radius 3 is 2.86 bits per heavy atom. The Hall–Kier alpha value is -1.21. The van der Waals surface area contributed by atoms with E-state index in [9.17, 15) is 8.42 Å². The molecule has 6 nitrogen and oxygen atoms in total. The first kappa shape index (κ1) is 16.2. The zero-order valence-electron chi connectivity index (χ0n) is 12.7. The summed E-state index contributed by atoms with van der Waals surface area (Å²) >= 11 is 0. The van der Waals surface area contributed by atoms with Crippen molar-refractivity contribution < 1.29 is 8.42 Å². The molecule has 7 heteroatoms. The monoisotopic (exact) mass is 312 g/mol. The van der Waals surface area contributed by atoms with Gasteiger partial charge < -0.3 is 10.2 Å². The number of nitrogens with zero attached hydrogens (tertiary/aromatic N) is 3. The van der Waals surface area contributed by atoms with E-state index in [1.807, 2.05) is 4.90 Å². The molecule has 0 saturated carbocycles. The summed E-state index contributed by atoms with van der Waals surface area (Å²) in [6.07, 6.45) is 4.12. The second kappa shape index (κ2) is 7.17. The van der Waals surface area contributed by atoms with Crippen LogP contribution in [0.25, 0.3) is 0 Å². The van der Waals surface area contributed by atoms with Crippen LogP contribution in [-0.4, -0.2) is 49.5 Å². The number of nitrogens with one attached hydrogen (secondary N) is 1. The second-order valence-electron chi connectivity index (χ2n) is 5.89. The summed E-state index contributed by atoms with van der Waals surface area (Å²) in [6, 6.07) is 0. The van der Waals surface area contributed by atoms with E-state index >= 15 is 0 Å². The smallest absolute Gasteiger partial charge is 0.152 e. The molecule has 0 aliphatic carbocycles. The maximum atomic E-state index is 11.6. The third-order valence-electron chi connectivity index (χ3n) is 3.41. The largest absolute Gasteiger partial charge is 0.354 e. The van der Waals surface area contributed by atoms with E-state index in [2.05, 4.69) is 29.1 Å². The molecule has 1 aromatic heterocycles. The van der Waals surface area contributed by atoms with Crippen molar-refractivity contribution in [2.75, 3.05) is 36.0 Å². The van der Waals surface area contributed by atoms with E-state index in [4.69, 9.17) is 0 Å². The third-order valence-corrected chi connectivity index (χ3v) is 5.13. The molecule has 0 amide bonds. The molecule has 21 heavy (non-hydrogen) atoms. The molecular formula is C14H24N4O2S. The van der Waals surface area contributed by atoms with Gasteiger partial charge in [0.1, 0.15) is 5.82 Å².